The molecule has 0 aliphatic carbocycles. The Balaban J connectivity index is -0.000000320. The first-order valence-electron chi connectivity index (χ1n) is 5.09. The molecule has 0 atom stereocenters. The van der Waals surface area contributed by atoms with Crippen LogP contribution in [0.2, 0.25) is 0 Å². The Bertz CT molecular complexity index is 391. The molecule has 2 N–H and O–H groups in total. The molecule has 0 aromatic carbocycles. The van der Waals surface area contributed by atoms with Crippen molar-refractivity contribution in [2.24, 2.45) is 10.2 Å². The Morgan fingerprint density at radius 1 is 0.900 bits per heavy atom. The summed E-state index contributed by atoms with van der Waals surface area (Å²) in [5.74, 6) is 0. The van der Waals surface area contributed by atoms with Crippen molar-refractivity contribution in [3.8, 4) is 0 Å². The van der Waals surface area contributed by atoms with Crippen LogP contribution in [0, 0.1) is 0 Å². The maximum Gasteiger partial charge on any atom is 0.0867 e. The molecule has 20 heavy (non-hydrogen) atoms. The zero-order chi connectivity index (χ0) is 12.0. The average Bonchev–Trinajstić information content (AvgIpc) is 2.30. The van der Waals surface area contributed by atoms with E-state index in [1.165, 1.54) is 0 Å². The number of hydrazone groups is 2. The summed E-state index contributed by atoms with van der Waals surface area (Å²) in [5, 5.41) is 8.18. The molecule has 1 rings (SSSR count). The number of hydrogen-bond acceptors (Lipinski definition) is 5. The van der Waals surface area contributed by atoms with E-state index >= 15 is 0 Å². The third-order valence-corrected chi connectivity index (χ3v) is 2.05. The maximum atomic E-state index is 4.47. The molecule has 0 saturated carbocycles. The minimum absolute atomic E-state index is 0. The predicted octanol–water partition coefficient (Wildman–Crippen LogP) is -8.02. The van der Waals surface area contributed by atoms with Crippen LogP contribution in [-0.2, 0) is 18.6 Å². The summed E-state index contributed by atoms with van der Waals surface area (Å²) in [4.78, 5) is 4.47. The van der Waals surface area contributed by atoms with Gasteiger partial charge in [0.05, 0.1) is 22.8 Å². The second kappa shape index (κ2) is 14.9. The molecule has 9 heteroatoms. The summed E-state index contributed by atoms with van der Waals surface area (Å²) in [7, 11) is 3.53. The van der Waals surface area contributed by atoms with Gasteiger partial charge in [-0.2, -0.15) is 10.2 Å². The van der Waals surface area contributed by atoms with Gasteiger partial charge in [0.2, 0.25) is 0 Å². The summed E-state index contributed by atoms with van der Waals surface area (Å²) in [5.41, 5.74) is 8.88. The molecule has 1 aromatic heterocycles. The number of nitrogens with zero attached hydrogens (tertiary/aromatic N) is 3. The molecule has 0 bridgehead atoms. The van der Waals surface area contributed by atoms with E-state index in [4.69, 9.17) is 0 Å². The topological polar surface area (TPSA) is 61.7 Å². The molecule has 115 valence electrons. The second-order valence-corrected chi connectivity index (χ2v) is 3.25. The summed E-state index contributed by atoms with van der Waals surface area (Å²) in [6.45, 7) is 3.82. The van der Waals surface area contributed by atoms with Crippen LogP contribution in [0.25, 0.3) is 0 Å². The molecule has 1 aromatic rings. The number of pyridine rings is 1. The second-order valence-electron chi connectivity index (χ2n) is 3.25. The molecule has 0 spiro atoms. The standard InChI is InChI=1S/C11H17N5.3ClH.V/c1-8(15-12-3)10-6-5-7-11(14-10)9(2)16-13-4;;;;/h5-7,12-13H,1-4H3;3*1H;/p-3. The van der Waals surface area contributed by atoms with E-state index in [2.05, 4.69) is 26.0 Å². The van der Waals surface area contributed by atoms with Crippen LogP contribution in [0.15, 0.2) is 28.4 Å². The SMILES string of the molecule is CNN=C(C)c1cccc(C(C)=NNC)n1.[Cl-].[Cl-].[Cl-].[V]. The monoisotopic (exact) mass is 375 g/mol. The van der Waals surface area contributed by atoms with E-state index in [0.717, 1.165) is 22.8 Å². The summed E-state index contributed by atoms with van der Waals surface area (Å²) >= 11 is 0. The van der Waals surface area contributed by atoms with Crippen molar-refractivity contribution >= 4 is 11.4 Å². The number of halogens is 3. The van der Waals surface area contributed by atoms with Gasteiger partial charge < -0.3 is 48.1 Å². The van der Waals surface area contributed by atoms with Gasteiger partial charge in [-0.05, 0) is 26.0 Å². The molecule has 1 heterocycles. The van der Waals surface area contributed by atoms with Gasteiger partial charge in [0.1, 0.15) is 0 Å². The van der Waals surface area contributed by atoms with Crippen molar-refractivity contribution < 1.29 is 55.8 Å². The fourth-order valence-corrected chi connectivity index (χ4v) is 1.29. The van der Waals surface area contributed by atoms with Gasteiger partial charge >= 0.3 is 0 Å². The Morgan fingerprint density at radius 3 is 1.55 bits per heavy atom. The Hall–Kier alpha value is -0.456. The molecule has 0 unspecified atom stereocenters. The first-order chi connectivity index (χ1) is 7.69. The van der Waals surface area contributed by atoms with Gasteiger partial charge in [-0.15, -0.1) is 0 Å². The molecule has 0 fully saturated rings. The van der Waals surface area contributed by atoms with Crippen molar-refractivity contribution in [2.45, 2.75) is 13.8 Å². The minimum atomic E-state index is 0. The van der Waals surface area contributed by atoms with Gasteiger partial charge in [0, 0.05) is 32.7 Å². The van der Waals surface area contributed by atoms with Crippen molar-refractivity contribution in [3.63, 3.8) is 0 Å². The molecule has 0 saturated heterocycles. The zero-order valence-electron chi connectivity index (χ0n) is 11.7. The van der Waals surface area contributed by atoms with E-state index in [1.54, 1.807) is 14.1 Å². The third-order valence-electron chi connectivity index (χ3n) is 2.05. The number of nitrogens with one attached hydrogen (secondary N) is 2. The van der Waals surface area contributed by atoms with Gasteiger partial charge in [-0.25, -0.2) is 4.98 Å². The Kier molecular flexibility index (Phi) is 20.8. The van der Waals surface area contributed by atoms with E-state index < -0.39 is 0 Å². The van der Waals surface area contributed by atoms with Gasteiger partial charge in [0.25, 0.3) is 0 Å². The van der Waals surface area contributed by atoms with Gasteiger partial charge in [-0.3, -0.25) is 0 Å². The van der Waals surface area contributed by atoms with Crippen molar-refractivity contribution in [2.75, 3.05) is 14.1 Å². The predicted molar refractivity (Wildman–Crippen MR) is 66.8 cm³/mol. The summed E-state index contributed by atoms with van der Waals surface area (Å²) in [6.07, 6.45) is 0. The van der Waals surface area contributed by atoms with Crippen LogP contribution in [0.3, 0.4) is 0 Å². The Labute approximate surface area is 150 Å². The van der Waals surface area contributed by atoms with Crippen molar-refractivity contribution in [1.29, 1.82) is 0 Å². The van der Waals surface area contributed by atoms with Crippen molar-refractivity contribution in [3.05, 3.63) is 29.6 Å². The van der Waals surface area contributed by atoms with Crippen LogP contribution in [0.4, 0.5) is 0 Å². The van der Waals surface area contributed by atoms with Crippen LogP contribution < -0.4 is 48.1 Å². The fraction of sp³-hybridized carbons (Fsp3) is 0.364. The smallest absolute Gasteiger partial charge is 0.0867 e. The molecule has 0 amide bonds. The number of hydrogen-bond donors (Lipinski definition) is 2. The molecular weight excluding hydrogens is 359 g/mol. The molecule has 5 nitrogen and oxygen atoms in total. The number of rotatable bonds is 4. The average molecular weight is 377 g/mol. The molecule has 0 aliphatic heterocycles. The van der Waals surface area contributed by atoms with E-state index in [1.807, 2.05) is 32.0 Å². The van der Waals surface area contributed by atoms with Crippen LogP contribution in [-0.4, -0.2) is 30.5 Å². The van der Waals surface area contributed by atoms with Crippen LogP contribution >= 0.6 is 0 Å². The molecule has 1 radical (unpaired) electrons. The zero-order valence-corrected chi connectivity index (χ0v) is 15.3. The van der Waals surface area contributed by atoms with E-state index in [-0.39, 0.29) is 55.8 Å². The van der Waals surface area contributed by atoms with Gasteiger partial charge in [-0.1, -0.05) is 6.07 Å². The fourth-order valence-electron chi connectivity index (χ4n) is 1.29. The summed E-state index contributed by atoms with van der Waals surface area (Å²) in [6, 6.07) is 5.79. The van der Waals surface area contributed by atoms with Crippen LogP contribution in [0.5, 0.6) is 0 Å². The van der Waals surface area contributed by atoms with E-state index in [9.17, 15) is 0 Å². The number of aromatic nitrogens is 1. The van der Waals surface area contributed by atoms with E-state index in [0.29, 0.717) is 0 Å². The van der Waals surface area contributed by atoms with Gasteiger partial charge in [0.15, 0.2) is 0 Å². The quantitative estimate of drug-likeness (QED) is 0.405. The maximum absolute atomic E-state index is 4.47. The first kappa shape index (κ1) is 27.8. The third kappa shape index (κ3) is 8.66. The van der Waals surface area contributed by atoms with Crippen molar-refractivity contribution in [1.82, 2.24) is 15.8 Å². The minimum Gasteiger partial charge on any atom is -1.00 e. The first-order valence-corrected chi connectivity index (χ1v) is 5.09. The summed E-state index contributed by atoms with van der Waals surface area (Å²) < 4.78 is 0. The normalized spacial score (nSPS) is 10.0. The molecular formula is C11H17Cl3N5V-3. The largest absolute Gasteiger partial charge is 1.00 e. The molecule has 0 aliphatic rings. The Morgan fingerprint density at radius 2 is 1.25 bits per heavy atom. The van der Waals surface area contributed by atoms with Crippen LogP contribution in [0.1, 0.15) is 25.2 Å².